The van der Waals surface area contributed by atoms with E-state index in [1.807, 2.05) is 35.8 Å². The van der Waals surface area contributed by atoms with Gasteiger partial charge in [0.05, 0.1) is 5.02 Å². The quantitative estimate of drug-likeness (QED) is 0.382. The van der Waals surface area contributed by atoms with E-state index in [-0.39, 0.29) is 6.10 Å². The zero-order chi connectivity index (χ0) is 19.4. The van der Waals surface area contributed by atoms with Gasteiger partial charge >= 0.3 is 0 Å². The molecular weight excluding hydrogens is 425 g/mol. The molecule has 1 aromatic heterocycles. The summed E-state index contributed by atoms with van der Waals surface area (Å²) in [5.41, 5.74) is 1.06. The fraction of sp³-hybridized carbons (Fsp3) is 0.263. The van der Waals surface area contributed by atoms with Crippen LogP contribution in [0.2, 0.25) is 15.1 Å². The molecular formula is C19H18Cl3N3OS. The van der Waals surface area contributed by atoms with Crippen LogP contribution in [0, 0.1) is 0 Å². The lowest BCUT2D eigenvalue weighted by Gasteiger charge is -2.16. The van der Waals surface area contributed by atoms with Crippen molar-refractivity contribution in [2.75, 3.05) is 0 Å². The molecule has 1 atom stereocenters. The van der Waals surface area contributed by atoms with Crippen molar-refractivity contribution < 1.29 is 4.74 Å². The number of aromatic nitrogens is 3. The largest absolute Gasteiger partial charge is 0.481 e. The number of rotatable bonds is 7. The van der Waals surface area contributed by atoms with Gasteiger partial charge in [0.25, 0.3) is 0 Å². The molecule has 8 heteroatoms. The van der Waals surface area contributed by atoms with Gasteiger partial charge in [-0.05, 0) is 43.7 Å². The van der Waals surface area contributed by atoms with E-state index in [0.29, 0.717) is 15.8 Å². The van der Waals surface area contributed by atoms with Gasteiger partial charge in [0, 0.05) is 22.3 Å². The highest BCUT2D eigenvalue weighted by atomic mass is 35.5. The van der Waals surface area contributed by atoms with Crippen LogP contribution in [0.4, 0.5) is 0 Å². The Morgan fingerprint density at radius 1 is 1.07 bits per heavy atom. The topological polar surface area (TPSA) is 39.9 Å². The van der Waals surface area contributed by atoms with Crippen molar-refractivity contribution in [2.45, 2.75) is 37.4 Å². The molecule has 27 heavy (non-hydrogen) atoms. The van der Waals surface area contributed by atoms with Crippen molar-refractivity contribution in [3.8, 4) is 5.75 Å². The number of halogens is 3. The molecule has 1 unspecified atom stereocenters. The van der Waals surface area contributed by atoms with E-state index in [9.17, 15) is 0 Å². The molecule has 0 bridgehead atoms. The first-order valence-corrected chi connectivity index (χ1v) is 10.5. The molecule has 142 valence electrons. The summed E-state index contributed by atoms with van der Waals surface area (Å²) in [5.74, 6) is 2.02. The molecule has 4 nitrogen and oxygen atoms in total. The summed E-state index contributed by atoms with van der Waals surface area (Å²) in [6.45, 7) is 4.70. The molecule has 0 aliphatic rings. The fourth-order valence-electron chi connectivity index (χ4n) is 2.58. The van der Waals surface area contributed by atoms with Gasteiger partial charge in [0.1, 0.15) is 5.75 Å². The van der Waals surface area contributed by atoms with Gasteiger partial charge in [-0.15, -0.1) is 10.2 Å². The number of nitrogens with zero attached hydrogens (tertiary/aromatic N) is 3. The maximum absolute atomic E-state index is 6.24. The van der Waals surface area contributed by atoms with Gasteiger partial charge in [-0.25, -0.2) is 0 Å². The summed E-state index contributed by atoms with van der Waals surface area (Å²) < 4.78 is 8.02. The van der Waals surface area contributed by atoms with Crippen LogP contribution in [0.1, 0.15) is 31.3 Å². The summed E-state index contributed by atoms with van der Waals surface area (Å²) in [6, 6.07) is 12.9. The highest BCUT2D eigenvalue weighted by molar-refractivity contribution is 7.98. The van der Waals surface area contributed by atoms with E-state index in [1.54, 1.807) is 30.0 Å². The van der Waals surface area contributed by atoms with Gasteiger partial charge < -0.3 is 9.30 Å². The Morgan fingerprint density at radius 3 is 2.56 bits per heavy atom. The second kappa shape index (κ2) is 9.20. The summed E-state index contributed by atoms with van der Waals surface area (Å²) in [7, 11) is 0. The maximum Gasteiger partial charge on any atom is 0.191 e. The first-order chi connectivity index (χ1) is 13.0. The zero-order valence-corrected chi connectivity index (χ0v) is 17.9. The molecule has 0 saturated carbocycles. The van der Waals surface area contributed by atoms with Crippen molar-refractivity contribution in [1.82, 2.24) is 14.8 Å². The van der Waals surface area contributed by atoms with Gasteiger partial charge in [0.2, 0.25) is 0 Å². The molecule has 3 rings (SSSR count). The number of hydrogen-bond acceptors (Lipinski definition) is 4. The minimum absolute atomic E-state index is 0.314. The predicted octanol–water partition coefficient (Wildman–Crippen LogP) is 6.69. The Kier molecular flexibility index (Phi) is 6.93. The van der Waals surface area contributed by atoms with Crippen LogP contribution in [-0.2, 0) is 12.3 Å². The number of thioether (sulfide) groups is 1. The van der Waals surface area contributed by atoms with Crippen LogP contribution in [-0.4, -0.2) is 14.8 Å². The third-order valence-corrected chi connectivity index (χ3v) is 5.85. The molecule has 0 aliphatic carbocycles. The van der Waals surface area contributed by atoms with Crippen molar-refractivity contribution in [2.24, 2.45) is 0 Å². The molecule has 0 fully saturated rings. The van der Waals surface area contributed by atoms with Gasteiger partial charge in [-0.1, -0.05) is 64.8 Å². The van der Waals surface area contributed by atoms with E-state index in [1.165, 1.54) is 0 Å². The summed E-state index contributed by atoms with van der Waals surface area (Å²) in [6.07, 6.45) is -0.314. The molecule has 3 aromatic rings. The summed E-state index contributed by atoms with van der Waals surface area (Å²) in [4.78, 5) is 0. The highest BCUT2D eigenvalue weighted by Crippen LogP contribution is 2.32. The summed E-state index contributed by atoms with van der Waals surface area (Å²) in [5, 5.41) is 11.3. The second-order valence-corrected chi connectivity index (χ2v) is 7.99. The average molecular weight is 443 g/mol. The van der Waals surface area contributed by atoms with Gasteiger partial charge in [-0.2, -0.15) is 0 Å². The normalized spacial score (nSPS) is 12.2. The average Bonchev–Trinajstić information content (AvgIpc) is 3.06. The Morgan fingerprint density at radius 2 is 1.85 bits per heavy atom. The molecule has 0 spiro atoms. The van der Waals surface area contributed by atoms with Crippen LogP contribution in [0.5, 0.6) is 5.75 Å². The molecule has 0 N–H and O–H groups in total. The number of ether oxygens (including phenoxy) is 1. The van der Waals surface area contributed by atoms with E-state index in [4.69, 9.17) is 39.5 Å². The van der Waals surface area contributed by atoms with Gasteiger partial charge in [-0.3, -0.25) is 0 Å². The Balaban J connectivity index is 1.75. The molecule has 0 amide bonds. The monoisotopic (exact) mass is 441 g/mol. The lowest BCUT2D eigenvalue weighted by Crippen LogP contribution is -2.12. The van der Waals surface area contributed by atoms with Gasteiger partial charge in [0.15, 0.2) is 17.1 Å². The van der Waals surface area contributed by atoms with Crippen LogP contribution in [0.3, 0.4) is 0 Å². The lowest BCUT2D eigenvalue weighted by atomic mass is 10.2. The van der Waals surface area contributed by atoms with Crippen molar-refractivity contribution in [3.63, 3.8) is 0 Å². The third kappa shape index (κ3) is 4.91. The summed E-state index contributed by atoms with van der Waals surface area (Å²) >= 11 is 20.0. The van der Waals surface area contributed by atoms with Crippen LogP contribution in [0.25, 0.3) is 0 Å². The third-order valence-electron chi connectivity index (χ3n) is 3.94. The molecule has 0 aliphatic heterocycles. The fourth-order valence-corrected chi connectivity index (χ4v) is 4.32. The molecule has 0 saturated heterocycles. The number of benzene rings is 2. The first kappa shape index (κ1) is 20.3. The Hall–Kier alpha value is -1.40. The Labute approximate surface area is 177 Å². The molecule has 1 heterocycles. The zero-order valence-electron chi connectivity index (χ0n) is 14.8. The smallest absolute Gasteiger partial charge is 0.191 e. The first-order valence-electron chi connectivity index (χ1n) is 8.40. The SMILES string of the molecule is CCn1c(SCc2ccccc2Cl)nnc1C(C)Oc1ccc(Cl)cc1Cl. The maximum atomic E-state index is 6.24. The van der Waals surface area contributed by atoms with Crippen molar-refractivity contribution in [3.05, 3.63) is 68.9 Å². The van der Waals surface area contributed by atoms with Crippen LogP contribution >= 0.6 is 46.6 Å². The highest BCUT2D eigenvalue weighted by Gasteiger charge is 2.20. The standard InChI is InChI=1S/C19H18Cl3N3OS/c1-3-25-18(12(2)26-17-9-8-14(20)10-16(17)22)23-24-19(25)27-11-13-6-4-5-7-15(13)21/h4-10,12H,3,11H2,1-2H3. The van der Waals surface area contributed by atoms with Crippen LogP contribution in [0.15, 0.2) is 47.6 Å². The lowest BCUT2D eigenvalue weighted by molar-refractivity contribution is 0.210. The minimum atomic E-state index is -0.314. The van der Waals surface area contributed by atoms with E-state index in [0.717, 1.165) is 33.9 Å². The van der Waals surface area contributed by atoms with E-state index < -0.39 is 0 Å². The minimum Gasteiger partial charge on any atom is -0.481 e. The number of hydrogen-bond donors (Lipinski definition) is 0. The van der Waals surface area contributed by atoms with Crippen LogP contribution < -0.4 is 4.74 Å². The van der Waals surface area contributed by atoms with E-state index in [2.05, 4.69) is 17.1 Å². The van der Waals surface area contributed by atoms with Crippen molar-refractivity contribution >= 4 is 46.6 Å². The Bertz CT molecular complexity index is 932. The second-order valence-electron chi connectivity index (χ2n) is 5.80. The molecule has 0 radical (unpaired) electrons. The predicted molar refractivity (Wildman–Crippen MR) is 112 cm³/mol. The molecule has 2 aromatic carbocycles. The van der Waals surface area contributed by atoms with E-state index >= 15 is 0 Å². The van der Waals surface area contributed by atoms with Crippen molar-refractivity contribution in [1.29, 1.82) is 0 Å².